The van der Waals surface area contributed by atoms with Crippen molar-refractivity contribution >= 4 is 39.5 Å². The van der Waals surface area contributed by atoms with Crippen molar-refractivity contribution in [1.29, 1.82) is 0 Å². The molecule has 2 aliphatic rings. The fourth-order valence-corrected chi connectivity index (χ4v) is 6.05. The van der Waals surface area contributed by atoms with Gasteiger partial charge in [0, 0.05) is 21.9 Å². The molecule has 0 amide bonds. The number of benzene rings is 4. The molecule has 0 saturated carbocycles. The summed E-state index contributed by atoms with van der Waals surface area (Å²) in [6.45, 7) is -1.18. The Morgan fingerprint density at radius 2 is 0.893 bits per heavy atom. The highest BCUT2D eigenvalue weighted by atomic mass is 16.6. The van der Waals surface area contributed by atoms with E-state index in [0.29, 0.717) is 24.3 Å². The molecular weight excluding hydrogens is 760 g/mol. The van der Waals surface area contributed by atoms with Crippen molar-refractivity contribution in [2.75, 3.05) is 6.61 Å². The summed E-state index contributed by atoms with van der Waals surface area (Å²) >= 11 is 0. The lowest BCUT2D eigenvalue weighted by atomic mass is 9.92. The van der Waals surface area contributed by atoms with E-state index in [-0.39, 0.29) is 0 Å². The van der Waals surface area contributed by atoms with Gasteiger partial charge in [0.05, 0.1) is 21.9 Å². The second-order valence-corrected chi connectivity index (χ2v) is 11.9. The Morgan fingerprint density at radius 1 is 0.464 bits per heavy atom. The summed E-state index contributed by atoms with van der Waals surface area (Å²) in [7, 11) is 0. The largest absolute Gasteiger partial charge is 0.504 e. The van der Waals surface area contributed by atoms with Crippen molar-refractivity contribution in [2.24, 2.45) is 0 Å². The van der Waals surface area contributed by atoms with Gasteiger partial charge in [0.1, 0.15) is 6.61 Å². The van der Waals surface area contributed by atoms with E-state index in [0.717, 1.165) is 0 Å². The van der Waals surface area contributed by atoms with Crippen molar-refractivity contribution in [3.05, 3.63) is 67.8 Å². The van der Waals surface area contributed by atoms with Gasteiger partial charge in [0.2, 0.25) is 34.9 Å². The molecule has 0 bridgehead atoms. The van der Waals surface area contributed by atoms with Crippen LogP contribution < -0.4 is 11.3 Å². The zero-order valence-electron chi connectivity index (χ0n) is 27.1. The molecule has 2 atom stereocenters. The SMILES string of the molecule is O=C1OC[C@@H]2OC(=O)c3oc(=O)c4cc(O)c(O)c(O)c4c4c(O)c(O)c(O)cc4c(=O)oc3C2OC(=O)c2cc(O)c(O)c(O)c2-c2c1cc(O)c(O)c2O. The lowest BCUT2D eigenvalue weighted by Gasteiger charge is -2.29. The highest BCUT2D eigenvalue weighted by Crippen LogP contribution is 2.53. The molecule has 2 aliphatic heterocycles. The third-order valence-corrected chi connectivity index (χ3v) is 8.67. The standard InChI is InChI=1S/C34H20O22/c35-10-1-6-15(23(43)19(10)39)16-7(2-11(36)20(40)24(16)44)31(48)54-27-14(5-52-30(6)47)53-34(51)29-28(27)55-32(49)8-3-12(37)21(41)25(45)17(8)18-9(33(50)56-29)4-13(38)22(42)26(18)46/h1-4,14,27,35-46H,5H2/t14-,27?/m0/s1. The predicted octanol–water partition coefficient (Wildman–Crippen LogP) is 1.77. The smallest absolute Gasteiger partial charge is 0.378 e. The highest BCUT2D eigenvalue weighted by molar-refractivity contribution is 6.14. The predicted molar refractivity (Wildman–Crippen MR) is 176 cm³/mol. The van der Waals surface area contributed by atoms with Crippen LogP contribution in [0.15, 0.2) is 42.7 Å². The summed E-state index contributed by atoms with van der Waals surface area (Å²) in [6.07, 6.45) is -4.48. The number of phenols is 12. The average molecular weight is 781 g/mol. The number of aromatic hydroxyl groups is 12. The number of carbonyl (C=O) groups excluding carboxylic acids is 3. The van der Waals surface area contributed by atoms with Gasteiger partial charge < -0.3 is 84.3 Å². The van der Waals surface area contributed by atoms with Crippen LogP contribution in [0, 0.1) is 0 Å². The maximum atomic E-state index is 14.0. The Balaban J connectivity index is 1.60. The van der Waals surface area contributed by atoms with E-state index in [1.54, 1.807) is 0 Å². The summed E-state index contributed by atoms with van der Waals surface area (Å²) < 4.78 is 26.4. The molecule has 1 aromatic heterocycles. The van der Waals surface area contributed by atoms with Crippen molar-refractivity contribution in [3.63, 3.8) is 0 Å². The minimum absolute atomic E-state index is 0.430. The molecule has 288 valence electrons. The van der Waals surface area contributed by atoms with Crippen LogP contribution in [0.25, 0.3) is 32.7 Å². The van der Waals surface area contributed by atoms with Crippen LogP contribution in [0.5, 0.6) is 69.0 Å². The summed E-state index contributed by atoms with van der Waals surface area (Å²) in [5.74, 6) is -23.4. The molecule has 7 rings (SSSR count). The molecule has 4 aromatic carbocycles. The second-order valence-electron chi connectivity index (χ2n) is 11.9. The first-order chi connectivity index (χ1) is 26.3. The zero-order valence-corrected chi connectivity index (χ0v) is 27.1. The Labute approximate surface area is 304 Å². The van der Waals surface area contributed by atoms with Crippen LogP contribution >= 0.6 is 0 Å². The van der Waals surface area contributed by atoms with E-state index in [1.807, 2.05) is 0 Å². The van der Waals surface area contributed by atoms with Gasteiger partial charge in [-0.15, -0.1) is 0 Å². The van der Waals surface area contributed by atoms with Crippen molar-refractivity contribution in [3.8, 4) is 80.1 Å². The minimum atomic E-state index is -2.38. The molecule has 3 heterocycles. The van der Waals surface area contributed by atoms with Gasteiger partial charge in [-0.1, -0.05) is 0 Å². The minimum Gasteiger partial charge on any atom is -0.504 e. The Kier molecular flexibility index (Phi) is 7.91. The van der Waals surface area contributed by atoms with Gasteiger partial charge in [-0.25, -0.2) is 24.0 Å². The van der Waals surface area contributed by atoms with Gasteiger partial charge in [0.25, 0.3) is 5.76 Å². The number of phenolic OH excluding ortho intramolecular Hbond substituents is 12. The second kappa shape index (κ2) is 12.3. The fourth-order valence-electron chi connectivity index (χ4n) is 6.05. The molecule has 12 N–H and O–H groups in total. The highest BCUT2D eigenvalue weighted by Gasteiger charge is 2.45. The van der Waals surface area contributed by atoms with Crippen LogP contribution in [0.1, 0.15) is 43.1 Å². The number of fused-ring (bicyclic) bond motifs is 9. The first-order valence-corrected chi connectivity index (χ1v) is 15.2. The molecule has 56 heavy (non-hydrogen) atoms. The first-order valence-electron chi connectivity index (χ1n) is 15.2. The van der Waals surface area contributed by atoms with Gasteiger partial charge in [-0.05, 0) is 24.3 Å². The quantitative estimate of drug-likeness (QED) is 0.0605. The topological polar surface area (TPSA) is 382 Å². The number of hydrogen-bond donors (Lipinski definition) is 12. The van der Waals surface area contributed by atoms with Gasteiger partial charge in [-0.2, -0.15) is 0 Å². The third kappa shape index (κ3) is 5.15. The van der Waals surface area contributed by atoms with E-state index >= 15 is 0 Å². The zero-order chi connectivity index (χ0) is 40.8. The van der Waals surface area contributed by atoms with E-state index in [2.05, 4.69) is 0 Å². The summed E-state index contributed by atoms with van der Waals surface area (Å²) in [5, 5.41) is 122. The number of rotatable bonds is 0. The van der Waals surface area contributed by atoms with Gasteiger partial charge in [-0.3, -0.25) is 0 Å². The van der Waals surface area contributed by atoms with Crippen molar-refractivity contribution < 1.29 is 98.7 Å². The number of cyclic esters (lactones) is 1. The number of hydrogen-bond acceptors (Lipinski definition) is 22. The van der Waals surface area contributed by atoms with Crippen molar-refractivity contribution in [2.45, 2.75) is 12.2 Å². The number of ether oxygens (including phenoxy) is 3. The van der Waals surface area contributed by atoms with E-state index in [1.165, 1.54) is 0 Å². The first kappa shape index (κ1) is 36.0. The molecule has 0 saturated heterocycles. The Bertz CT molecular complexity index is 2850. The summed E-state index contributed by atoms with van der Waals surface area (Å²) in [6, 6.07) is 1.80. The fraction of sp³-hybridized carbons (Fsp3) is 0.0882. The van der Waals surface area contributed by atoms with Crippen LogP contribution in [-0.4, -0.2) is 91.9 Å². The van der Waals surface area contributed by atoms with Gasteiger partial charge >= 0.3 is 29.2 Å². The molecule has 0 fully saturated rings. The van der Waals surface area contributed by atoms with E-state index < -0.39 is 172 Å². The molecule has 0 aliphatic carbocycles. The molecular formula is C34H20O22. The maximum Gasteiger partial charge on any atom is 0.378 e. The Morgan fingerprint density at radius 3 is 1.39 bits per heavy atom. The van der Waals surface area contributed by atoms with Crippen LogP contribution in [0.3, 0.4) is 0 Å². The summed E-state index contributed by atoms with van der Waals surface area (Å²) in [5.41, 5.74) is -7.53. The molecule has 5 aromatic rings. The molecule has 0 radical (unpaired) electrons. The van der Waals surface area contributed by atoms with Crippen LogP contribution in [0.2, 0.25) is 0 Å². The third-order valence-electron chi connectivity index (χ3n) is 8.67. The average Bonchev–Trinajstić information content (AvgIpc) is 3.16. The maximum absolute atomic E-state index is 14.0. The normalized spacial score (nSPS) is 16.2. The molecule has 1 unspecified atom stereocenters. The number of esters is 3. The molecule has 22 heteroatoms. The van der Waals surface area contributed by atoms with Crippen LogP contribution in [-0.2, 0) is 14.2 Å². The van der Waals surface area contributed by atoms with Gasteiger partial charge in [0.15, 0.2) is 52.1 Å². The lowest BCUT2D eigenvalue weighted by molar-refractivity contribution is -0.0773. The van der Waals surface area contributed by atoms with E-state index in [4.69, 9.17) is 23.0 Å². The lowest BCUT2D eigenvalue weighted by Crippen LogP contribution is -2.39. The van der Waals surface area contributed by atoms with E-state index in [9.17, 15) is 85.3 Å². The monoisotopic (exact) mass is 780 g/mol. The van der Waals surface area contributed by atoms with Crippen LogP contribution in [0.4, 0.5) is 0 Å². The van der Waals surface area contributed by atoms with Crippen molar-refractivity contribution in [1.82, 2.24) is 0 Å². The number of carbonyl (C=O) groups is 3. The molecule has 0 spiro atoms. The molecule has 22 nitrogen and oxygen atoms in total. The Hall–Kier alpha value is -8.43. The summed E-state index contributed by atoms with van der Waals surface area (Å²) in [4.78, 5) is 68.6.